The Morgan fingerprint density at radius 3 is 1.29 bits per heavy atom. The first-order valence-electron chi connectivity index (χ1n) is 9.34. The highest BCUT2D eigenvalue weighted by molar-refractivity contribution is 6.93. The van der Waals surface area contributed by atoms with Crippen molar-refractivity contribution in [1.82, 2.24) is 4.23 Å². The van der Waals surface area contributed by atoms with Crippen LogP contribution in [0.5, 0.6) is 0 Å². The minimum absolute atomic E-state index is 0.367. The van der Waals surface area contributed by atoms with Gasteiger partial charge in [-0.05, 0) is 35.6 Å². The van der Waals surface area contributed by atoms with E-state index >= 15 is 0 Å². The van der Waals surface area contributed by atoms with Gasteiger partial charge in [0.05, 0.1) is 0 Å². The molecular weight excluding hydrogens is 346 g/mol. The van der Waals surface area contributed by atoms with Crippen molar-refractivity contribution >= 4 is 25.0 Å². The molecule has 146 valence electrons. The fourth-order valence-electron chi connectivity index (χ4n) is 2.91. The minimum atomic E-state index is -1.97. The van der Waals surface area contributed by atoms with Crippen molar-refractivity contribution in [2.75, 3.05) is 20.8 Å². The van der Waals surface area contributed by atoms with Gasteiger partial charge in [0.15, 0.2) is 0 Å². The molecule has 0 aromatic heterocycles. The van der Waals surface area contributed by atoms with Gasteiger partial charge < -0.3 is 13.1 Å². The first-order chi connectivity index (χ1) is 10.5. The Balaban J connectivity index is 5.54. The quantitative estimate of drug-likeness (QED) is 0.470. The van der Waals surface area contributed by atoms with Gasteiger partial charge in [-0.25, -0.2) is 0 Å². The summed E-state index contributed by atoms with van der Waals surface area (Å²) < 4.78 is 14.4. The average molecular weight is 392 g/mol. The average Bonchev–Trinajstić information content (AvgIpc) is 2.40. The third kappa shape index (κ3) is 5.51. The first kappa shape index (κ1) is 24.5. The summed E-state index contributed by atoms with van der Waals surface area (Å²) >= 11 is 0. The van der Waals surface area contributed by atoms with Crippen LogP contribution in [-0.2, 0) is 8.85 Å². The van der Waals surface area contributed by atoms with Crippen molar-refractivity contribution in [2.45, 2.75) is 96.8 Å². The summed E-state index contributed by atoms with van der Waals surface area (Å²) in [5, 5.41) is 0.734. The molecule has 0 aromatic rings. The van der Waals surface area contributed by atoms with E-state index in [1.165, 1.54) is 13.0 Å². The van der Waals surface area contributed by atoms with E-state index in [0.717, 1.165) is 6.04 Å². The van der Waals surface area contributed by atoms with Crippen LogP contribution in [0.2, 0.25) is 48.9 Å². The Labute approximate surface area is 155 Å². The van der Waals surface area contributed by atoms with Crippen LogP contribution < -0.4 is 0 Å². The van der Waals surface area contributed by atoms with Gasteiger partial charge in [0, 0.05) is 14.2 Å². The fourth-order valence-corrected chi connectivity index (χ4v) is 14.9. The lowest BCUT2D eigenvalue weighted by molar-refractivity contribution is 0.248. The molecule has 0 bridgehead atoms. The molecule has 6 heteroatoms. The molecule has 0 heterocycles. The summed E-state index contributed by atoms with van der Waals surface area (Å²) in [7, 11) is -1.50. The highest BCUT2D eigenvalue weighted by Gasteiger charge is 2.51. The van der Waals surface area contributed by atoms with Gasteiger partial charge in [-0.3, -0.25) is 0 Å². The zero-order valence-corrected chi connectivity index (χ0v) is 21.9. The molecule has 0 rings (SSSR count). The van der Waals surface area contributed by atoms with Crippen LogP contribution in [0.1, 0.15) is 48.0 Å². The van der Waals surface area contributed by atoms with Gasteiger partial charge in [0.25, 0.3) is 0 Å². The molecule has 0 saturated carbocycles. The summed E-state index contributed by atoms with van der Waals surface area (Å²) in [5.74, 6) is 0. The Morgan fingerprint density at radius 1 is 0.708 bits per heavy atom. The summed E-state index contributed by atoms with van der Waals surface area (Å²) in [6, 6.07) is 1.07. The van der Waals surface area contributed by atoms with Crippen molar-refractivity contribution < 1.29 is 8.85 Å². The van der Waals surface area contributed by atoms with Crippen molar-refractivity contribution in [2.24, 2.45) is 0 Å². The van der Waals surface area contributed by atoms with E-state index in [-0.39, 0.29) is 0 Å². The maximum Gasteiger partial charge on any atom is 0.334 e. The molecule has 0 aromatic carbocycles. The van der Waals surface area contributed by atoms with Crippen molar-refractivity contribution in [3.8, 4) is 0 Å². The SMILES string of the molecule is CO[Si](C)(CCCN([Si](C)(C)C(C)(C)C)[Si](C)(C)C(C)(C)C)OC. The predicted molar refractivity (Wildman–Crippen MR) is 116 cm³/mol. The topological polar surface area (TPSA) is 21.7 Å². The Kier molecular flexibility index (Phi) is 8.22. The zero-order valence-electron chi connectivity index (χ0n) is 18.9. The molecule has 0 unspecified atom stereocenters. The molecule has 0 aliphatic heterocycles. The van der Waals surface area contributed by atoms with E-state index in [0.29, 0.717) is 10.1 Å². The molecule has 0 amide bonds. The highest BCUT2D eigenvalue weighted by Crippen LogP contribution is 2.47. The number of hydrogen-bond acceptors (Lipinski definition) is 3. The summed E-state index contributed by atoms with van der Waals surface area (Å²) in [6.45, 7) is 28.2. The second-order valence-electron chi connectivity index (χ2n) is 10.4. The minimum Gasteiger partial charge on any atom is -0.398 e. The van der Waals surface area contributed by atoms with Crippen LogP contribution in [0, 0.1) is 0 Å². The smallest absolute Gasteiger partial charge is 0.334 e. The number of hydrogen-bond donors (Lipinski definition) is 0. The largest absolute Gasteiger partial charge is 0.398 e. The molecular formula is C18H45NO2Si3. The third-order valence-corrected chi connectivity index (χ3v) is 23.7. The van der Waals surface area contributed by atoms with E-state index in [2.05, 4.69) is 78.5 Å². The van der Waals surface area contributed by atoms with Crippen LogP contribution in [0.3, 0.4) is 0 Å². The van der Waals surface area contributed by atoms with Gasteiger partial charge in [0.1, 0.15) is 16.5 Å². The molecule has 0 radical (unpaired) electrons. The lowest BCUT2D eigenvalue weighted by atomic mass is 10.2. The van der Waals surface area contributed by atoms with Crippen LogP contribution in [0.15, 0.2) is 0 Å². The molecule has 0 saturated heterocycles. The lowest BCUT2D eigenvalue weighted by Crippen LogP contribution is -2.68. The van der Waals surface area contributed by atoms with Crippen LogP contribution in [0.25, 0.3) is 0 Å². The van der Waals surface area contributed by atoms with Gasteiger partial charge in [-0.1, -0.05) is 67.7 Å². The summed E-state index contributed by atoms with van der Waals surface area (Å²) in [5.41, 5.74) is 0. The Hall–Kier alpha value is 0.531. The first-order valence-corrected chi connectivity index (χ1v) is 17.8. The molecule has 0 aliphatic rings. The molecule has 0 fully saturated rings. The van der Waals surface area contributed by atoms with Crippen molar-refractivity contribution in [3.05, 3.63) is 0 Å². The standard InChI is InChI=1S/C18H45NO2Si3/c1-17(2,3)22(9,10)19(23(11,12)18(4,5)6)15-14-16-24(13,20-7)21-8/h14-16H2,1-13H3. The third-order valence-electron chi connectivity index (χ3n) is 6.90. The Bertz CT molecular complexity index is 368. The van der Waals surface area contributed by atoms with E-state index in [1.54, 1.807) is 14.2 Å². The lowest BCUT2D eigenvalue weighted by Gasteiger charge is -2.57. The monoisotopic (exact) mass is 391 g/mol. The molecule has 0 spiro atoms. The van der Waals surface area contributed by atoms with Gasteiger partial charge in [0.2, 0.25) is 0 Å². The molecule has 24 heavy (non-hydrogen) atoms. The van der Waals surface area contributed by atoms with Gasteiger partial charge in [-0.15, -0.1) is 0 Å². The summed E-state index contributed by atoms with van der Waals surface area (Å²) in [4.78, 5) is 0. The van der Waals surface area contributed by atoms with Gasteiger partial charge >= 0.3 is 8.56 Å². The van der Waals surface area contributed by atoms with E-state index in [9.17, 15) is 0 Å². The van der Waals surface area contributed by atoms with Crippen LogP contribution in [0.4, 0.5) is 0 Å². The van der Waals surface area contributed by atoms with Crippen molar-refractivity contribution in [1.29, 1.82) is 0 Å². The maximum atomic E-state index is 5.70. The van der Waals surface area contributed by atoms with E-state index < -0.39 is 25.0 Å². The van der Waals surface area contributed by atoms with Crippen molar-refractivity contribution in [3.63, 3.8) is 0 Å². The second kappa shape index (κ2) is 8.05. The fraction of sp³-hybridized carbons (Fsp3) is 1.00. The van der Waals surface area contributed by atoms with Crippen LogP contribution in [-0.4, -0.2) is 50.0 Å². The number of rotatable bonds is 8. The molecule has 3 nitrogen and oxygen atoms in total. The molecule has 0 atom stereocenters. The summed E-state index contributed by atoms with van der Waals surface area (Å²) in [6.07, 6.45) is 1.17. The predicted octanol–water partition coefficient (Wildman–Crippen LogP) is 6.05. The number of nitrogens with zero attached hydrogens (tertiary/aromatic N) is 1. The highest BCUT2D eigenvalue weighted by atomic mass is 28.4. The van der Waals surface area contributed by atoms with E-state index in [1.807, 2.05) is 0 Å². The molecule has 0 aliphatic carbocycles. The maximum absolute atomic E-state index is 5.70. The van der Waals surface area contributed by atoms with Crippen LogP contribution >= 0.6 is 0 Å². The normalized spacial score (nSPS) is 15.2. The van der Waals surface area contributed by atoms with Gasteiger partial charge in [-0.2, -0.15) is 0 Å². The zero-order chi connectivity index (χ0) is 19.6. The molecule has 0 N–H and O–H groups in total. The Morgan fingerprint density at radius 2 is 1.04 bits per heavy atom. The second-order valence-corrected chi connectivity index (χ2v) is 24.8. The van der Waals surface area contributed by atoms with E-state index in [4.69, 9.17) is 8.85 Å².